The quantitative estimate of drug-likeness (QED) is 0.0263. The van der Waals surface area contributed by atoms with Gasteiger partial charge in [0.25, 0.3) is 0 Å². The Kier molecular flexibility index (Phi) is 46.4. The van der Waals surface area contributed by atoms with Gasteiger partial charge in [-0.3, -0.25) is 14.4 Å². The van der Waals surface area contributed by atoms with Crippen molar-refractivity contribution in [2.75, 3.05) is 13.2 Å². The molecular weight excluding hydrogens is 733 g/mol. The summed E-state index contributed by atoms with van der Waals surface area (Å²) in [5.74, 6) is -0.894. The Morgan fingerprint density at radius 3 is 0.847 bits per heavy atom. The average Bonchev–Trinajstić information content (AvgIpc) is 3.23. The first-order valence-corrected chi connectivity index (χ1v) is 25.5. The molecule has 6 heteroatoms. The van der Waals surface area contributed by atoms with Crippen LogP contribution in [0.1, 0.15) is 265 Å². The Bertz CT molecular complexity index is 948. The van der Waals surface area contributed by atoms with Crippen molar-refractivity contribution in [2.24, 2.45) is 0 Å². The van der Waals surface area contributed by atoms with E-state index in [1.165, 1.54) is 154 Å². The van der Waals surface area contributed by atoms with E-state index in [1.54, 1.807) is 0 Å². The van der Waals surface area contributed by atoms with E-state index >= 15 is 0 Å². The van der Waals surface area contributed by atoms with Gasteiger partial charge >= 0.3 is 17.9 Å². The molecular formula is C53H96O6. The zero-order valence-electron chi connectivity index (χ0n) is 39.3. The van der Waals surface area contributed by atoms with Crippen molar-refractivity contribution >= 4 is 17.9 Å². The van der Waals surface area contributed by atoms with Gasteiger partial charge in [0.05, 0.1) is 0 Å². The summed E-state index contributed by atoms with van der Waals surface area (Å²) >= 11 is 0. The molecule has 0 atom stereocenters. The van der Waals surface area contributed by atoms with E-state index in [0.717, 1.165) is 70.6 Å². The number of ether oxygens (including phenoxy) is 3. The average molecular weight is 829 g/mol. The van der Waals surface area contributed by atoms with E-state index in [2.05, 4.69) is 57.2 Å². The lowest BCUT2D eigenvalue weighted by Gasteiger charge is -2.18. The standard InChI is InChI=1S/C53H96O6/c1-4-7-10-13-16-19-22-25-26-29-32-35-38-41-44-47-53(56)59-50(48-57-51(54)45-42-39-36-33-30-27-23-20-17-14-11-8-5-2)49-58-52(55)46-43-40-37-34-31-28-24-21-18-15-12-9-6-3/h19-24,50H,4-18,25-49H2,1-3H3. The Balaban J connectivity index is 4.39. The van der Waals surface area contributed by atoms with Crippen molar-refractivity contribution in [1.29, 1.82) is 0 Å². The molecule has 59 heavy (non-hydrogen) atoms. The minimum Gasteiger partial charge on any atom is -0.462 e. The lowest BCUT2D eigenvalue weighted by molar-refractivity contribution is -0.167. The van der Waals surface area contributed by atoms with E-state index in [0.29, 0.717) is 19.3 Å². The highest BCUT2D eigenvalue weighted by Gasteiger charge is 2.19. The fraction of sp³-hybridized carbons (Fsp3) is 0.830. The molecule has 0 amide bonds. The van der Waals surface area contributed by atoms with E-state index in [1.807, 2.05) is 0 Å². The summed E-state index contributed by atoms with van der Waals surface area (Å²) in [7, 11) is 0. The lowest BCUT2D eigenvalue weighted by atomic mass is 10.1. The van der Waals surface area contributed by atoms with Gasteiger partial charge in [-0.2, -0.15) is 0 Å². The maximum Gasteiger partial charge on any atom is 0.306 e. The zero-order chi connectivity index (χ0) is 43.0. The second-order valence-electron chi connectivity index (χ2n) is 17.1. The molecule has 0 N–H and O–H groups in total. The molecule has 0 unspecified atom stereocenters. The molecule has 0 heterocycles. The molecule has 0 fully saturated rings. The number of rotatable bonds is 46. The third kappa shape index (κ3) is 46.5. The Morgan fingerprint density at radius 1 is 0.322 bits per heavy atom. The minimum absolute atomic E-state index is 0.0795. The van der Waals surface area contributed by atoms with Crippen molar-refractivity contribution < 1.29 is 28.6 Å². The van der Waals surface area contributed by atoms with Crippen LogP contribution in [0.25, 0.3) is 0 Å². The largest absolute Gasteiger partial charge is 0.462 e. The number of carbonyl (C=O) groups is 3. The molecule has 0 radical (unpaired) electrons. The summed E-state index contributed by atoms with van der Waals surface area (Å²) in [6.45, 7) is 6.59. The Labute approximate surface area is 365 Å². The van der Waals surface area contributed by atoms with Crippen LogP contribution in [0.15, 0.2) is 36.5 Å². The Morgan fingerprint density at radius 2 is 0.559 bits per heavy atom. The maximum absolute atomic E-state index is 12.8. The third-order valence-electron chi connectivity index (χ3n) is 11.1. The summed E-state index contributed by atoms with van der Waals surface area (Å²) in [5.41, 5.74) is 0. The number of esters is 3. The predicted molar refractivity (Wildman–Crippen MR) is 252 cm³/mol. The molecule has 0 bridgehead atoms. The van der Waals surface area contributed by atoms with Crippen LogP contribution >= 0.6 is 0 Å². The summed E-state index contributed by atoms with van der Waals surface area (Å²) in [6.07, 6.45) is 55.5. The van der Waals surface area contributed by atoms with Gasteiger partial charge in [0.2, 0.25) is 0 Å². The van der Waals surface area contributed by atoms with Gasteiger partial charge in [-0.05, 0) is 96.3 Å². The van der Waals surface area contributed by atoms with Crippen molar-refractivity contribution in [1.82, 2.24) is 0 Å². The first kappa shape index (κ1) is 56.6. The molecule has 0 aromatic heterocycles. The van der Waals surface area contributed by atoms with Crippen LogP contribution < -0.4 is 0 Å². The van der Waals surface area contributed by atoms with Crippen LogP contribution in [0.5, 0.6) is 0 Å². The summed E-state index contributed by atoms with van der Waals surface area (Å²) in [4.78, 5) is 37.9. The highest BCUT2D eigenvalue weighted by molar-refractivity contribution is 5.71. The van der Waals surface area contributed by atoms with E-state index in [9.17, 15) is 14.4 Å². The molecule has 0 rings (SSSR count). The van der Waals surface area contributed by atoms with Gasteiger partial charge < -0.3 is 14.2 Å². The van der Waals surface area contributed by atoms with Crippen LogP contribution in [0.3, 0.4) is 0 Å². The molecule has 0 aliphatic heterocycles. The molecule has 6 nitrogen and oxygen atoms in total. The normalized spacial score (nSPS) is 12.3. The van der Waals surface area contributed by atoms with Crippen LogP contribution in [-0.4, -0.2) is 37.2 Å². The summed E-state index contributed by atoms with van der Waals surface area (Å²) < 4.78 is 16.8. The smallest absolute Gasteiger partial charge is 0.306 e. The predicted octanol–water partition coefficient (Wildman–Crippen LogP) is 16.5. The van der Waals surface area contributed by atoms with Crippen LogP contribution in [0.2, 0.25) is 0 Å². The second kappa shape index (κ2) is 48.3. The second-order valence-corrected chi connectivity index (χ2v) is 17.1. The Hall–Kier alpha value is -2.37. The number of hydrogen-bond donors (Lipinski definition) is 0. The van der Waals surface area contributed by atoms with Gasteiger partial charge in [-0.25, -0.2) is 0 Å². The van der Waals surface area contributed by atoms with Gasteiger partial charge in [-0.1, -0.05) is 186 Å². The molecule has 0 saturated carbocycles. The molecule has 344 valence electrons. The number of hydrogen-bond acceptors (Lipinski definition) is 6. The molecule has 0 aliphatic carbocycles. The highest BCUT2D eigenvalue weighted by atomic mass is 16.6. The van der Waals surface area contributed by atoms with Crippen molar-refractivity contribution in [2.45, 2.75) is 271 Å². The molecule has 0 spiro atoms. The summed E-state index contributed by atoms with van der Waals surface area (Å²) in [5, 5.41) is 0. The van der Waals surface area contributed by atoms with Gasteiger partial charge in [0, 0.05) is 19.3 Å². The van der Waals surface area contributed by atoms with Crippen molar-refractivity contribution in [3.05, 3.63) is 36.5 Å². The van der Waals surface area contributed by atoms with Crippen LogP contribution in [-0.2, 0) is 28.6 Å². The van der Waals surface area contributed by atoms with Gasteiger partial charge in [0.1, 0.15) is 13.2 Å². The molecule has 0 aromatic carbocycles. The molecule has 0 aliphatic rings. The minimum atomic E-state index is -0.778. The van der Waals surface area contributed by atoms with Crippen molar-refractivity contribution in [3.63, 3.8) is 0 Å². The van der Waals surface area contributed by atoms with Crippen LogP contribution in [0, 0.1) is 0 Å². The van der Waals surface area contributed by atoms with E-state index in [4.69, 9.17) is 14.2 Å². The SMILES string of the molecule is CCCCCCC=CCCCCCCCCCC(=O)OC(COC(=O)CCCCCCCC=CCCCCCC)COC(=O)CCCCCCCC=CCCCCCC. The lowest BCUT2D eigenvalue weighted by Crippen LogP contribution is -2.30. The fourth-order valence-electron chi connectivity index (χ4n) is 7.19. The van der Waals surface area contributed by atoms with E-state index < -0.39 is 6.10 Å². The van der Waals surface area contributed by atoms with Crippen molar-refractivity contribution in [3.8, 4) is 0 Å². The fourth-order valence-corrected chi connectivity index (χ4v) is 7.19. The number of carbonyl (C=O) groups excluding carboxylic acids is 3. The number of unbranched alkanes of at least 4 members (excludes halogenated alkanes) is 29. The first-order valence-electron chi connectivity index (χ1n) is 25.5. The highest BCUT2D eigenvalue weighted by Crippen LogP contribution is 2.14. The molecule has 0 saturated heterocycles. The monoisotopic (exact) mass is 829 g/mol. The maximum atomic E-state index is 12.8. The first-order chi connectivity index (χ1) is 29.0. The third-order valence-corrected chi connectivity index (χ3v) is 11.1. The van der Waals surface area contributed by atoms with Crippen LogP contribution in [0.4, 0.5) is 0 Å². The number of allylic oxidation sites excluding steroid dienone is 6. The topological polar surface area (TPSA) is 78.9 Å². The van der Waals surface area contributed by atoms with E-state index in [-0.39, 0.29) is 31.1 Å². The van der Waals surface area contributed by atoms with Gasteiger partial charge in [0.15, 0.2) is 6.10 Å². The summed E-state index contributed by atoms with van der Waals surface area (Å²) in [6, 6.07) is 0. The zero-order valence-corrected chi connectivity index (χ0v) is 39.3. The van der Waals surface area contributed by atoms with Gasteiger partial charge in [-0.15, -0.1) is 0 Å². The molecule has 0 aromatic rings.